The number of carboxylic acids is 1. The molecular formula is C15H14N2O2S. The number of rotatable bonds is 3. The van der Waals surface area contributed by atoms with E-state index in [0.717, 1.165) is 32.5 Å². The smallest absolute Gasteiger partial charge is 0.309 e. The maximum absolute atomic E-state index is 11.1. The summed E-state index contributed by atoms with van der Waals surface area (Å²) < 4.78 is 1.98. The molecule has 20 heavy (non-hydrogen) atoms. The van der Waals surface area contributed by atoms with Gasteiger partial charge >= 0.3 is 5.97 Å². The van der Waals surface area contributed by atoms with Crippen LogP contribution in [-0.4, -0.2) is 20.5 Å². The summed E-state index contributed by atoms with van der Waals surface area (Å²) in [6.45, 7) is 3.91. The highest BCUT2D eigenvalue weighted by Crippen LogP contribution is 2.33. The third-order valence-corrected chi connectivity index (χ3v) is 4.27. The summed E-state index contributed by atoms with van der Waals surface area (Å²) in [5.74, 6) is -0.835. The molecule has 2 aromatic heterocycles. The Balaban J connectivity index is 2.31. The summed E-state index contributed by atoms with van der Waals surface area (Å²) >= 11 is 1.59. The molecule has 0 aliphatic carbocycles. The van der Waals surface area contributed by atoms with E-state index < -0.39 is 5.97 Å². The van der Waals surface area contributed by atoms with Crippen LogP contribution in [0.15, 0.2) is 30.3 Å². The number of aliphatic carboxylic acids is 1. The summed E-state index contributed by atoms with van der Waals surface area (Å²) in [5.41, 5.74) is 3.68. The molecule has 1 N–H and O–H groups in total. The molecule has 1 aromatic carbocycles. The van der Waals surface area contributed by atoms with Crippen molar-refractivity contribution in [2.45, 2.75) is 20.3 Å². The number of benzene rings is 1. The van der Waals surface area contributed by atoms with Gasteiger partial charge in [-0.1, -0.05) is 30.3 Å². The summed E-state index contributed by atoms with van der Waals surface area (Å²) in [6.07, 6.45) is -0.0109. The number of carbonyl (C=O) groups is 1. The van der Waals surface area contributed by atoms with Crippen molar-refractivity contribution in [3.63, 3.8) is 0 Å². The molecule has 0 saturated carbocycles. The average molecular weight is 286 g/mol. The predicted molar refractivity (Wildman–Crippen MR) is 79.3 cm³/mol. The SMILES string of the molecule is Cc1nc2sc(C)c(-c3ccccc3)n2c1CC(=O)O. The second-order valence-electron chi connectivity index (χ2n) is 4.71. The number of aryl methyl sites for hydroxylation is 2. The van der Waals surface area contributed by atoms with Crippen LogP contribution in [0.1, 0.15) is 16.3 Å². The van der Waals surface area contributed by atoms with Gasteiger partial charge in [0.15, 0.2) is 4.96 Å². The maximum Gasteiger partial charge on any atom is 0.309 e. The van der Waals surface area contributed by atoms with Crippen molar-refractivity contribution in [2.75, 3.05) is 0 Å². The van der Waals surface area contributed by atoms with E-state index in [-0.39, 0.29) is 6.42 Å². The van der Waals surface area contributed by atoms with Gasteiger partial charge in [-0.25, -0.2) is 4.98 Å². The summed E-state index contributed by atoms with van der Waals surface area (Å²) in [5, 5.41) is 9.10. The molecule has 0 amide bonds. The second-order valence-corrected chi connectivity index (χ2v) is 5.89. The number of thiazole rings is 1. The number of hydrogen-bond acceptors (Lipinski definition) is 3. The molecule has 102 valence electrons. The normalized spacial score (nSPS) is 11.1. The van der Waals surface area contributed by atoms with E-state index >= 15 is 0 Å². The number of carboxylic acid groups (broad SMARTS) is 1. The van der Waals surface area contributed by atoms with E-state index in [0.29, 0.717) is 0 Å². The Morgan fingerprint density at radius 2 is 2.00 bits per heavy atom. The number of hydrogen-bond donors (Lipinski definition) is 1. The van der Waals surface area contributed by atoms with E-state index in [1.165, 1.54) is 0 Å². The number of aromatic nitrogens is 2. The number of imidazole rings is 1. The molecule has 0 bridgehead atoms. The van der Waals surface area contributed by atoms with E-state index in [2.05, 4.69) is 4.98 Å². The van der Waals surface area contributed by atoms with Gasteiger partial charge in [0.25, 0.3) is 0 Å². The Kier molecular flexibility index (Phi) is 3.06. The largest absolute Gasteiger partial charge is 0.481 e. The highest BCUT2D eigenvalue weighted by atomic mass is 32.1. The Morgan fingerprint density at radius 3 is 2.65 bits per heavy atom. The predicted octanol–water partition coefficient (Wildman–Crippen LogP) is 3.31. The molecule has 0 saturated heterocycles. The van der Waals surface area contributed by atoms with E-state index in [1.807, 2.05) is 48.6 Å². The van der Waals surface area contributed by atoms with Gasteiger partial charge in [-0.3, -0.25) is 9.20 Å². The van der Waals surface area contributed by atoms with E-state index in [9.17, 15) is 4.79 Å². The van der Waals surface area contributed by atoms with Crippen LogP contribution in [0.3, 0.4) is 0 Å². The molecular weight excluding hydrogens is 272 g/mol. The minimum absolute atomic E-state index is 0.0109. The number of nitrogens with zero attached hydrogens (tertiary/aromatic N) is 2. The Labute approximate surface area is 120 Å². The lowest BCUT2D eigenvalue weighted by molar-refractivity contribution is -0.136. The van der Waals surface area contributed by atoms with Gasteiger partial charge in [0, 0.05) is 4.88 Å². The molecule has 0 atom stereocenters. The Hall–Kier alpha value is -2.14. The van der Waals surface area contributed by atoms with Crippen LogP contribution >= 0.6 is 11.3 Å². The lowest BCUT2D eigenvalue weighted by atomic mass is 10.1. The van der Waals surface area contributed by atoms with E-state index in [4.69, 9.17) is 5.11 Å². The van der Waals surface area contributed by atoms with Gasteiger partial charge in [-0.05, 0) is 19.4 Å². The monoisotopic (exact) mass is 286 g/mol. The van der Waals surface area contributed by atoms with Crippen molar-refractivity contribution >= 4 is 22.3 Å². The Bertz CT molecular complexity index is 787. The summed E-state index contributed by atoms with van der Waals surface area (Å²) in [7, 11) is 0. The molecule has 0 spiro atoms. The molecule has 0 radical (unpaired) electrons. The molecule has 4 nitrogen and oxygen atoms in total. The van der Waals surface area contributed by atoms with Crippen molar-refractivity contribution < 1.29 is 9.90 Å². The van der Waals surface area contributed by atoms with Gasteiger partial charge in [-0.15, -0.1) is 11.3 Å². The first-order valence-corrected chi connectivity index (χ1v) is 7.14. The van der Waals surface area contributed by atoms with Crippen molar-refractivity contribution in [2.24, 2.45) is 0 Å². The second kappa shape index (κ2) is 4.76. The molecule has 0 unspecified atom stereocenters. The fourth-order valence-electron chi connectivity index (χ4n) is 2.46. The molecule has 0 aliphatic heterocycles. The number of fused-ring (bicyclic) bond motifs is 1. The van der Waals surface area contributed by atoms with Crippen LogP contribution in [-0.2, 0) is 11.2 Å². The zero-order chi connectivity index (χ0) is 14.3. The average Bonchev–Trinajstić information content (AvgIpc) is 2.86. The van der Waals surface area contributed by atoms with Crippen molar-refractivity contribution in [1.29, 1.82) is 0 Å². The topological polar surface area (TPSA) is 54.6 Å². The van der Waals surface area contributed by atoms with Gasteiger partial charge < -0.3 is 5.11 Å². The fraction of sp³-hybridized carbons (Fsp3) is 0.200. The molecule has 0 aliphatic rings. The van der Waals surface area contributed by atoms with Gasteiger partial charge in [-0.2, -0.15) is 0 Å². The van der Waals surface area contributed by atoms with Crippen LogP contribution in [0, 0.1) is 13.8 Å². The maximum atomic E-state index is 11.1. The van der Waals surface area contributed by atoms with E-state index in [1.54, 1.807) is 11.3 Å². The minimum atomic E-state index is -0.835. The lowest BCUT2D eigenvalue weighted by Gasteiger charge is -2.05. The van der Waals surface area contributed by atoms with Crippen LogP contribution in [0.2, 0.25) is 0 Å². The highest BCUT2D eigenvalue weighted by molar-refractivity contribution is 7.17. The molecule has 3 rings (SSSR count). The van der Waals surface area contributed by atoms with Gasteiger partial charge in [0.05, 0.1) is 23.5 Å². The van der Waals surface area contributed by atoms with Crippen LogP contribution in [0.5, 0.6) is 0 Å². The van der Waals surface area contributed by atoms with Crippen molar-refractivity contribution in [1.82, 2.24) is 9.38 Å². The quantitative estimate of drug-likeness (QED) is 0.803. The van der Waals surface area contributed by atoms with Crippen LogP contribution in [0.4, 0.5) is 0 Å². The first kappa shape index (κ1) is 12.9. The molecule has 2 heterocycles. The highest BCUT2D eigenvalue weighted by Gasteiger charge is 2.19. The third kappa shape index (κ3) is 2.00. The van der Waals surface area contributed by atoms with Crippen molar-refractivity contribution in [3.8, 4) is 11.3 Å². The van der Waals surface area contributed by atoms with Gasteiger partial charge in [0.1, 0.15) is 0 Å². The molecule has 0 fully saturated rings. The van der Waals surface area contributed by atoms with Crippen LogP contribution in [0.25, 0.3) is 16.2 Å². The molecule has 5 heteroatoms. The summed E-state index contributed by atoms with van der Waals surface area (Å²) in [6, 6.07) is 10.0. The third-order valence-electron chi connectivity index (χ3n) is 3.31. The lowest BCUT2D eigenvalue weighted by Crippen LogP contribution is -2.05. The van der Waals surface area contributed by atoms with Crippen molar-refractivity contribution in [3.05, 3.63) is 46.6 Å². The van der Waals surface area contributed by atoms with Gasteiger partial charge in [0.2, 0.25) is 0 Å². The first-order chi connectivity index (χ1) is 9.58. The zero-order valence-electron chi connectivity index (χ0n) is 11.3. The molecule has 3 aromatic rings. The van der Waals surface area contributed by atoms with Crippen LogP contribution < -0.4 is 0 Å². The minimum Gasteiger partial charge on any atom is -0.481 e. The standard InChI is InChI=1S/C15H14N2O2S/c1-9-12(8-13(18)19)17-14(10(2)20-15(17)16-9)11-6-4-3-5-7-11/h3-7H,8H2,1-2H3,(H,18,19). The fourth-order valence-corrected chi connectivity index (χ4v) is 3.51. The Morgan fingerprint density at radius 1 is 1.30 bits per heavy atom. The summed E-state index contributed by atoms with van der Waals surface area (Å²) in [4.78, 5) is 17.6. The first-order valence-electron chi connectivity index (χ1n) is 6.32. The zero-order valence-corrected chi connectivity index (χ0v) is 12.1.